The number of amides is 1. The zero-order valence-corrected chi connectivity index (χ0v) is 12.7. The topological polar surface area (TPSA) is 38.3 Å². The van der Waals surface area contributed by atoms with Crippen LogP contribution in [-0.4, -0.2) is 13.0 Å². The second kappa shape index (κ2) is 6.93. The van der Waals surface area contributed by atoms with E-state index in [1.54, 1.807) is 7.11 Å². The molecule has 3 heteroatoms. The Morgan fingerprint density at radius 1 is 1.14 bits per heavy atom. The van der Waals surface area contributed by atoms with Crippen LogP contribution in [0.3, 0.4) is 0 Å². The van der Waals surface area contributed by atoms with Crippen LogP contribution in [0.2, 0.25) is 0 Å². The fraction of sp³-hybridized carbons (Fsp3) is 0.278. The first-order valence-electron chi connectivity index (χ1n) is 7.08. The summed E-state index contributed by atoms with van der Waals surface area (Å²) >= 11 is 0. The van der Waals surface area contributed by atoms with E-state index in [4.69, 9.17) is 4.74 Å². The number of aryl methyl sites for hydroxylation is 1. The molecule has 0 saturated heterocycles. The summed E-state index contributed by atoms with van der Waals surface area (Å²) in [6.07, 6.45) is 0.389. The summed E-state index contributed by atoms with van der Waals surface area (Å²) in [5.41, 5.74) is 3.20. The van der Waals surface area contributed by atoms with Crippen molar-refractivity contribution in [3.05, 3.63) is 65.2 Å². The van der Waals surface area contributed by atoms with Gasteiger partial charge in [-0.1, -0.05) is 48.0 Å². The fourth-order valence-corrected chi connectivity index (χ4v) is 2.29. The van der Waals surface area contributed by atoms with Crippen LogP contribution < -0.4 is 10.1 Å². The molecule has 0 aliphatic carbocycles. The van der Waals surface area contributed by atoms with E-state index in [0.717, 1.165) is 16.9 Å². The van der Waals surface area contributed by atoms with Gasteiger partial charge in [-0.3, -0.25) is 4.79 Å². The van der Waals surface area contributed by atoms with Crippen molar-refractivity contribution in [3.8, 4) is 5.75 Å². The van der Waals surface area contributed by atoms with Crippen molar-refractivity contribution in [2.24, 2.45) is 0 Å². The van der Waals surface area contributed by atoms with Crippen LogP contribution in [0.1, 0.15) is 29.7 Å². The lowest BCUT2D eigenvalue weighted by Gasteiger charge is -2.17. The molecule has 0 bridgehead atoms. The fourth-order valence-electron chi connectivity index (χ4n) is 2.29. The molecule has 0 aromatic heterocycles. The number of para-hydroxylation sites is 1. The van der Waals surface area contributed by atoms with Crippen LogP contribution in [0.25, 0.3) is 0 Å². The van der Waals surface area contributed by atoms with Gasteiger partial charge in [0.25, 0.3) is 0 Å². The molecule has 1 unspecified atom stereocenters. The van der Waals surface area contributed by atoms with Crippen molar-refractivity contribution in [2.45, 2.75) is 26.3 Å². The third kappa shape index (κ3) is 4.09. The van der Waals surface area contributed by atoms with Crippen LogP contribution in [0.15, 0.2) is 48.5 Å². The van der Waals surface area contributed by atoms with Crippen molar-refractivity contribution in [1.82, 2.24) is 5.32 Å². The zero-order valence-electron chi connectivity index (χ0n) is 12.7. The highest BCUT2D eigenvalue weighted by molar-refractivity contribution is 5.79. The van der Waals surface area contributed by atoms with Crippen molar-refractivity contribution in [1.29, 1.82) is 0 Å². The molecule has 0 saturated carbocycles. The molecule has 0 radical (unpaired) electrons. The first-order valence-corrected chi connectivity index (χ1v) is 7.08. The predicted molar refractivity (Wildman–Crippen MR) is 84.4 cm³/mol. The summed E-state index contributed by atoms with van der Waals surface area (Å²) < 4.78 is 5.33. The third-order valence-corrected chi connectivity index (χ3v) is 3.47. The van der Waals surface area contributed by atoms with Crippen molar-refractivity contribution >= 4 is 5.91 Å². The Kier molecular flexibility index (Phi) is 4.99. The smallest absolute Gasteiger partial charge is 0.224 e. The maximum Gasteiger partial charge on any atom is 0.224 e. The molecule has 1 amide bonds. The molecule has 0 aliphatic heterocycles. The number of carbonyl (C=O) groups excluding carboxylic acids is 1. The Morgan fingerprint density at radius 3 is 2.48 bits per heavy atom. The number of hydrogen-bond acceptors (Lipinski definition) is 2. The van der Waals surface area contributed by atoms with Gasteiger partial charge < -0.3 is 10.1 Å². The first kappa shape index (κ1) is 15.1. The van der Waals surface area contributed by atoms with Crippen LogP contribution in [-0.2, 0) is 11.2 Å². The summed E-state index contributed by atoms with van der Waals surface area (Å²) in [5, 5.41) is 3.02. The lowest BCUT2D eigenvalue weighted by molar-refractivity contribution is -0.121. The van der Waals surface area contributed by atoms with Crippen LogP contribution in [0.5, 0.6) is 5.75 Å². The number of carbonyl (C=O) groups is 1. The minimum Gasteiger partial charge on any atom is -0.496 e. The summed E-state index contributed by atoms with van der Waals surface area (Å²) in [4.78, 5) is 12.1. The molecule has 0 spiro atoms. The highest BCUT2D eigenvalue weighted by Crippen LogP contribution is 2.24. The zero-order chi connectivity index (χ0) is 15.2. The number of nitrogens with one attached hydrogen (secondary N) is 1. The molecule has 1 atom stereocenters. The maximum absolute atomic E-state index is 12.1. The summed E-state index contributed by atoms with van der Waals surface area (Å²) in [6.45, 7) is 4.00. The molecule has 2 aromatic carbocycles. The normalized spacial score (nSPS) is 11.8. The SMILES string of the molecule is COc1ccccc1C(C)NC(=O)Cc1ccc(C)cc1. The van der Waals surface area contributed by atoms with Gasteiger partial charge in [-0.05, 0) is 25.5 Å². The number of benzene rings is 2. The van der Waals surface area contributed by atoms with Gasteiger partial charge in [-0.2, -0.15) is 0 Å². The van der Waals surface area contributed by atoms with Gasteiger partial charge in [0.2, 0.25) is 5.91 Å². The first-order chi connectivity index (χ1) is 10.1. The van der Waals surface area contributed by atoms with Gasteiger partial charge in [0.05, 0.1) is 19.6 Å². The van der Waals surface area contributed by atoms with E-state index in [0.29, 0.717) is 6.42 Å². The van der Waals surface area contributed by atoms with E-state index in [1.165, 1.54) is 5.56 Å². The Morgan fingerprint density at radius 2 is 1.81 bits per heavy atom. The largest absolute Gasteiger partial charge is 0.496 e. The lowest BCUT2D eigenvalue weighted by atomic mass is 10.1. The summed E-state index contributed by atoms with van der Waals surface area (Å²) in [7, 11) is 1.64. The van der Waals surface area contributed by atoms with E-state index < -0.39 is 0 Å². The van der Waals surface area contributed by atoms with Gasteiger partial charge >= 0.3 is 0 Å². The standard InChI is InChI=1S/C18H21NO2/c1-13-8-10-15(11-9-13)12-18(20)19-14(2)16-6-4-5-7-17(16)21-3/h4-11,14H,12H2,1-3H3,(H,19,20). The molecule has 2 aromatic rings. The van der Waals surface area contributed by atoms with Crippen LogP contribution >= 0.6 is 0 Å². The van der Waals surface area contributed by atoms with Crippen LogP contribution in [0, 0.1) is 6.92 Å². The average molecular weight is 283 g/mol. The quantitative estimate of drug-likeness (QED) is 0.913. The van der Waals surface area contributed by atoms with Gasteiger partial charge in [0.15, 0.2) is 0 Å². The second-order valence-electron chi connectivity index (χ2n) is 5.19. The van der Waals surface area contributed by atoms with E-state index >= 15 is 0 Å². The lowest BCUT2D eigenvalue weighted by Crippen LogP contribution is -2.28. The minimum absolute atomic E-state index is 0.0114. The van der Waals surface area contributed by atoms with Gasteiger partial charge in [-0.25, -0.2) is 0 Å². The van der Waals surface area contributed by atoms with Gasteiger partial charge in [0, 0.05) is 5.56 Å². The van der Waals surface area contributed by atoms with Crippen molar-refractivity contribution in [2.75, 3.05) is 7.11 Å². The molecule has 1 N–H and O–H groups in total. The monoisotopic (exact) mass is 283 g/mol. The molecule has 0 aliphatic rings. The highest BCUT2D eigenvalue weighted by Gasteiger charge is 2.13. The molecular formula is C18H21NO2. The molecule has 3 nitrogen and oxygen atoms in total. The van der Waals surface area contributed by atoms with Crippen LogP contribution in [0.4, 0.5) is 0 Å². The van der Waals surface area contributed by atoms with E-state index in [1.807, 2.05) is 62.4 Å². The number of methoxy groups -OCH3 is 1. The number of rotatable bonds is 5. The molecule has 0 heterocycles. The van der Waals surface area contributed by atoms with E-state index in [2.05, 4.69) is 5.32 Å². The molecule has 21 heavy (non-hydrogen) atoms. The predicted octanol–water partition coefficient (Wildman–Crippen LogP) is 3.42. The van der Waals surface area contributed by atoms with Gasteiger partial charge in [0.1, 0.15) is 5.75 Å². The van der Waals surface area contributed by atoms with Crippen molar-refractivity contribution < 1.29 is 9.53 Å². The van der Waals surface area contributed by atoms with E-state index in [-0.39, 0.29) is 11.9 Å². The molecular weight excluding hydrogens is 262 g/mol. The Hall–Kier alpha value is -2.29. The number of ether oxygens (including phenoxy) is 1. The Bertz CT molecular complexity index is 605. The summed E-state index contributed by atoms with van der Waals surface area (Å²) in [6, 6.07) is 15.7. The molecule has 0 fully saturated rings. The number of hydrogen-bond donors (Lipinski definition) is 1. The van der Waals surface area contributed by atoms with E-state index in [9.17, 15) is 4.79 Å². The van der Waals surface area contributed by atoms with Gasteiger partial charge in [-0.15, -0.1) is 0 Å². The average Bonchev–Trinajstić information content (AvgIpc) is 2.49. The minimum atomic E-state index is -0.0842. The molecule has 2 rings (SSSR count). The molecule has 110 valence electrons. The second-order valence-corrected chi connectivity index (χ2v) is 5.19. The third-order valence-electron chi connectivity index (χ3n) is 3.47. The Labute approximate surface area is 126 Å². The summed E-state index contributed by atoms with van der Waals surface area (Å²) in [5.74, 6) is 0.804. The Balaban J connectivity index is 2.00. The highest BCUT2D eigenvalue weighted by atomic mass is 16.5. The maximum atomic E-state index is 12.1. The van der Waals surface area contributed by atoms with Crippen molar-refractivity contribution in [3.63, 3.8) is 0 Å².